The number of carbonyl (C=O) groups is 1. The maximum absolute atomic E-state index is 11.6. The summed E-state index contributed by atoms with van der Waals surface area (Å²) in [5, 5.41) is 9.74. The Kier molecular flexibility index (Phi) is 6.81. The van der Waals surface area contributed by atoms with Gasteiger partial charge >= 0.3 is 0 Å². The second-order valence-electron chi connectivity index (χ2n) is 4.41. The standard InChI is InChI=1S/C12H24O2/c1-5-6-7-8-11(13)10(4)12(14)9(2)3/h9-11,13H,5-8H2,1-4H3/t10-,11+/m1/s1. The second-order valence-corrected chi connectivity index (χ2v) is 4.41. The second kappa shape index (κ2) is 6.99. The minimum atomic E-state index is -0.448. The summed E-state index contributed by atoms with van der Waals surface area (Å²) in [7, 11) is 0. The van der Waals surface area contributed by atoms with Crippen molar-refractivity contribution in [1.82, 2.24) is 0 Å². The van der Waals surface area contributed by atoms with Gasteiger partial charge in [-0.3, -0.25) is 4.79 Å². The lowest BCUT2D eigenvalue weighted by Crippen LogP contribution is -2.28. The lowest BCUT2D eigenvalue weighted by Gasteiger charge is -2.19. The van der Waals surface area contributed by atoms with Crippen LogP contribution in [0.2, 0.25) is 0 Å². The van der Waals surface area contributed by atoms with Crippen LogP contribution in [0.25, 0.3) is 0 Å². The van der Waals surface area contributed by atoms with Crippen molar-refractivity contribution in [3.63, 3.8) is 0 Å². The fourth-order valence-corrected chi connectivity index (χ4v) is 1.57. The number of Topliss-reactive ketones (excluding diaryl/α,β-unsaturated/α-hetero) is 1. The minimum absolute atomic E-state index is 0.0332. The van der Waals surface area contributed by atoms with Gasteiger partial charge in [-0.25, -0.2) is 0 Å². The van der Waals surface area contributed by atoms with E-state index >= 15 is 0 Å². The van der Waals surface area contributed by atoms with Crippen LogP contribution in [0.5, 0.6) is 0 Å². The highest BCUT2D eigenvalue weighted by Gasteiger charge is 2.23. The van der Waals surface area contributed by atoms with Crippen molar-refractivity contribution < 1.29 is 9.90 Å². The first-order valence-corrected chi connectivity index (χ1v) is 5.72. The number of aliphatic hydroxyl groups is 1. The molecule has 0 aromatic carbocycles. The molecule has 0 aliphatic heterocycles. The predicted molar refractivity (Wildman–Crippen MR) is 59.2 cm³/mol. The third kappa shape index (κ3) is 4.75. The number of carbonyl (C=O) groups excluding carboxylic acids is 1. The predicted octanol–water partition coefficient (Wildman–Crippen LogP) is 2.79. The first-order valence-electron chi connectivity index (χ1n) is 5.72. The molecule has 0 aliphatic rings. The largest absolute Gasteiger partial charge is 0.392 e. The topological polar surface area (TPSA) is 37.3 Å². The average molecular weight is 200 g/mol. The summed E-state index contributed by atoms with van der Waals surface area (Å²) >= 11 is 0. The van der Waals surface area contributed by atoms with Crippen LogP contribution in [0.1, 0.15) is 53.4 Å². The Hall–Kier alpha value is -0.370. The molecule has 0 fully saturated rings. The molecule has 0 amide bonds. The van der Waals surface area contributed by atoms with E-state index in [1.54, 1.807) is 0 Å². The summed E-state index contributed by atoms with van der Waals surface area (Å²) in [6.45, 7) is 7.74. The monoisotopic (exact) mass is 200 g/mol. The number of ketones is 1. The van der Waals surface area contributed by atoms with Crippen molar-refractivity contribution in [3.8, 4) is 0 Å². The highest BCUT2D eigenvalue weighted by Crippen LogP contribution is 2.15. The Morgan fingerprint density at radius 3 is 2.21 bits per heavy atom. The molecule has 14 heavy (non-hydrogen) atoms. The van der Waals surface area contributed by atoms with Gasteiger partial charge in [-0.05, 0) is 6.42 Å². The molecule has 0 unspecified atom stereocenters. The number of unbranched alkanes of at least 4 members (excludes halogenated alkanes) is 2. The van der Waals surface area contributed by atoms with Crippen LogP contribution in [0, 0.1) is 11.8 Å². The maximum atomic E-state index is 11.6. The summed E-state index contributed by atoms with van der Waals surface area (Å²) in [6, 6.07) is 0. The fourth-order valence-electron chi connectivity index (χ4n) is 1.57. The summed E-state index contributed by atoms with van der Waals surface area (Å²) in [5.74, 6) is 0.00618. The Morgan fingerprint density at radius 2 is 1.79 bits per heavy atom. The number of hydrogen-bond acceptors (Lipinski definition) is 2. The minimum Gasteiger partial charge on any atom is -0.392 e. The normalized spacial score (nSPS) is 15.6. The molecule has 0 aliphatic carbocycles. The Balaban J connectivity index is 3.86. The quantitative estimate of drug-likeness (QED) is 0.642. The van der Waals surface area contributed by atoms with E-state index in [2.05, 4.69) is 6.92 Å². The van der Waals surface area contributed by atoms with Crippen molar-refractivity contribution in [2.45, 2.75) is 59.5 Å². The van der Waals surface area contributed by atoms with Gasteiger partial charge < -0.3 is 5.11 Å². The Morgan fingerprint density at radius 1 is 1.21 bits per heavy atom. The number of rotatable bonds is 7. The van der Waals surface area contributed by atoms with Crippen LogP contribution >= 0.6 is 0 Å². The molecule has 0 saturated carbocycles. The molecule has 1 N–H and O–H groups in total. The molecule has 0 aromatic rings. The van der Waals surface area contributed by atoms with Crippen molar-refractivity contribution >= 4 is 5.78 Å². The summed E-state index contributed by atoms with van der Waals surface area (Å²) in [5.41, 5.74) is 0. The zero-order chi connectivity index (χ0) is 11.1. The zero-order valence-electron chi connectivity index (χ0n) is 9.92. The molecule has 0 saturated heterocycles. The molecule has 2 heteroatoms. The van der Waals surface area contributed by atoms with Crippen LogP contribution in [-0.2, 0) is 4.79 Å². The van der Waals surface area contributed by atoms with E-state index in [0.717, 1.165) is 25.7 Å². The van der Waals surface area contributed by atoms with E-state index in [9.17, 15) is 9.90 Å². The lowest BCUT2D eigenvalue weighted by atomic mass is 9.90. The fraction of sp³-hybridized carbons (Fsp3) is 0.917. The van der Waals surface area contributed by atoms with Gasteiger partial charge in [0.05, 0.1) is 6.10 Å². The highest BCUT2D eigenvalue weighted by atomic mass is 16.3. The van der Waals surface area contributed by atoms with Crippen molar-refractivity contribution in [2.24, 2.45) is 11.8 Å². The highest BCUT2D eigenvalue weighted by molar-refractivity contribution is 5.82. The van der Waals surface area contributed by atoms with E-state index in [-0.39, 0.29) is 17.6 Å². The summed E-state index contributed by atoms with van der Waals surface area (Å²) < 4.78 is 0. The van der Waals surface area contributed by atoms with Gasteiger partial charge in [0.2, 0.25) is 0 Å². The third-order valence-corrected chi connectivity index (χ3v) is 2.70. The van der Waals surface area contributed by atoms with Gasteiger partial charge in [-0.2, -0.15) is 0 Å². The van der Waals surface area contributed by atoms with Crippen LogP contribution in [0.4, 0.5) is 0 Å². The molecule has 84 valence electrons. The van der Waals surface area contributed by atoms with Crippen LogP contribution in [0.3, 0.4) is 0 Å². The van der Waals surface area contributed by atoms with Gasteiger partial charge in [0, 0.05) is 11.8 Å². The van der Waals surface area contributed by atoms with Gasteiger partial charge in [0.15, 0.2) is 0 Å². The van der Waals surface area contributed by atoms with Crippen LogP contribution < -0.4 is 0 Å². The lowest BCUT2D eigenvalue weighted by molar-refractivity contribution is -0.128. The molecule has 0 bridgehead atoms. The maximum Gasteiger partial charge on any atom is 0.140 e. The van der Waals surface area contributed by atoms with E-state index in [1.807, 2.05) is 20.8 Å². The van der Waals surface area contributed by atoms with Gasteiger partial charge in [0.1, 0.15) is 5.78 Å². The van der Waals surface area contributed by atoms with E-state index in [0.29, 0.717) is 0 Å². The zero-order valence-corrected chi connectivity index (χ0v) is 9.92. The molecule has 0 aromatic heterocycles. The summed E-state index contributed by atoms with van der Waals surface area (Å²) in [6.07, 6.45) is 3.62. The molecule has 0 radical (unpaired) electrons. The molecular weight excluding hydrogens is 176 g/mol. The van der Waals surface area contributed by atoms with Crippen molar-refractivity contribution in [2.75, 3.05) is 0 Å². The van der Waals surface area contributed by atoms with Gasteiger partial charge in [-0.1, -0.05) is 47.0 Å². The van der Waals surface area contributed by atoms with Crippen LogP contribution in [-0.4, -0.2) is 17.0 Å². The Bertz CT molecular complexity index is 164. The van der Waals surface area contributed by atoms with Crippen molar-refractivity contribution in [3.05, 3.63) is 0 Å². The van der Waals surface area contributed by atoms with Gasteiger partial charge in [0.25, 0.3) is 0 Å². The number of aliphatic hydroxyl groups excluding tert-OH is 1. The first kappa shape index (κ1) is 13.6. The smallest absolute Gasteiger partial charge is 0.140 e. The number of hydrogen-bond donors (Lipinski definition) is 1. The first-order chi connectivity index (χ1) is 6.50. The average Bonchev–Trinajstić information content (AvgIpc) is 2.15. The van der Waals surface area contributed by atoms with Crippen molar-refractivity contribution in [1.29, 1.82) is 0 Å². The molecule has 0 rings (SSSR count). The molecular formula is C12H24O2. The molecule has 0 heterocycles. The molecule has 0 spiro atoms. The van der Waals surface area contributed by atoms with Gasteiger partial charge in [-0.15, -0.1) is 0 Å². The summed E-state index contributed by atoms with van der Waals surface area (Å²) in [4.78, 5) is 11.6. The van der Waals surface area contributed by atoms with E-state index in [1.165, 1.54) is 0 Å². The van der Waals surface area contributed by atoms with E-state index < -0.39 is 6.10 Å². The molecule has 2 atom stereocenters. The molecule has 2 nitrogen and oxygen atoms in total. The third-order valence-electron chi connectivity index (χ3n) is 2.70. The van der Waals surface area contributed by atoms with E-state index in [4.69, 9.17) is 0 Å². The SMILES string of the molecule is CCCCC[C@H](O)[C@@H](C)C(=O)C(C)C. The van der Waals surface area contributed by atoms with Crippen LogP contribution in [0.15, 0.2) is 0 Å². The Labute approximate surface area is 87.7 Å².